The topological polar surface area (TPSA) is 61.4 Å². The molecule has 0 aliphatic heterocycles. The number of carbonyl (C=O) groups is 1. The highest BCUT2D eigenvalue weighted by molar-refractivity contribution is 5.76. The maximum atomic E-state index is 11.4. The first-order chi connectivity index (χ1) is 8.68. The van der Waals surface area contributed by atoms with Crippen LogP contribution in [0.25, 0.3) is 0 Å². The molecule has 2 fully saturated rings. The summed E-state index contributed by atoms with van der Waals surface area (Å²) in [6.45, 7) is 1.50. The summed E-state index contributed by atoms with van der Waals surface area (Å²) in [5, 5.41) is 16.5. The van der Waals surface area contributed by atoms with E-state index in [0.717, 1.165) is 51.5 Å². The summed E-state index contributed by atoms with van der Waals surface area (Å²) in [5.74, 6) is 0.177. The third-order valence-electron chi connectivity index (χ3n) is 3.94. The molecule has 4 nitrogen and oxygen atoms in total. The molecule has 0 aromatic heterocycles. The van der Waals surface area contributed by atoms with Crippen molar-refractivity contribution in [2.24, 2.45) is 0 Å². The van der Waals surface area contributed by atoms with E-state index in [0.29, 0.717) is 19.0 Å². The highest BCUT2D eigenvalue weighted by Gasteiger charge is 2.28. The largest absolute Gasteiger partial charge is 0.389 e. The number of hydrogen-bond acceptors (Lipinski definition) is 3. The molecular formula is C14H26N2O2. The lowest BCUT2D eigenvalue weighted by atomic mass is 9.85. The van der Waals surface area contributed by atoms with E-state index < -0.39 is 5.60 Å². The first-order valence-corrected chi connectivity index (χ1v) is 7.40. The Morgan fingerprint density at radius 2 is 1.94 bits per heavy atom. The SMILES string of the molecule is O=C(CCCNCC1(O)CCCCC1)NC1CC1. The van der Waals surface area contributed by atoms with Crippen LogP contribution in [0.3, 0.4) is 0 Å². The van der Waals surface area contributed by atoms with Gasteiger partial charge in [-0.05, 0) is 38.6 Å². The van der Waals surface area contributed by atoms with E-state index in [2.05, 4.69) is 10.6 Å². The van der Waals surface area contributed by atoms with Crippen molar-refractivity contribution in [1.82, 2.24) is 10.6 Å². The molecule has 2 aliphatic carbocycles. The van der Waals surface area contributed by atoms with E-state index >= 15 is 0 Å². The molecule has 0 atom stereocenters. The molecule has 104 valence electrons. The van der Waals surface area contributed by atoms with Crippen molar-refractivity contribution in [1.29, 1.82) is 0 Å². The van der Waals surface area contributed by atoms with Crippen molar-refractivity contribution in [3.8, 4) is 0 Å². The van der Waals surface area contributed by atoms with Crippen LogP contribution in [0.5, 0.6) is 0 Å². The van der Waals surface area contributed by atoms with Gasteiger partial charge < -0.3 is 15.7 Å². The minimum atomic E-state index is -0.492. The molecule has 0 bridgehead atoms. The molecule has 0 aromatic rings. The maximum Gasteiger partial charge on any atom is 0.220 e. The van der Waals surface area contributed by atoms with Crippen LogP contribution < -0.4 is 10.6 Å². The van der Waals surface area contributed by atoms with E-state index in [1.54, 1.807) is 0 Å². The Kier molecular flexibility index (Phi) is 5.01. The number of aliphatic hydroxyl groups is 1. The van der Waals surface area contributed by atoms with Crippen LogP contribution in [0.2, 0.25) is 0 Å². The van der Waals surface area contributed by atoms with Gasteiger partial charge in [0.05, 0.1) is 5.60 Å². The van der Waals surface area contributed by atoms with Crippen LogP contribution in [0, 0.1) is 0 Å². The Morgan fingerprint density at radius 1 is 1.22 bits per heavy atom. The van der Waals surface area contributed by atoms with E-state index in [9.17, 15) is 9.90 Å². The van der Waals surface area contributed by atoms with Gasteiger partial charge in [-0.2, -0.15) is 0 Å². The second kappa shape index (κ2) is 6.53. The number of carbonyl (C=O) groups excluding carboxylic acids is 1. The second-order valence-corrected chi connectivity index (χ2v) is 5.91. The predicted octanol–water partition coefficient (Wildman–Crippen LogP) is 1.33. The summed E-state index contributed by atoms with van der Waals surface area (Å²) in [6.07, 6.45) is 9.13. The molecule has 0 aromatic carbocycles. The van der Waals surface area contributed by atoms with Crippen molar-refractivity contribution in [3.05, 3.63) is 0 Å². The van der Waals surface area contributed by atoms with E-state index in [4.69, 9.17) is 0 Å². The van der Waals surface area contributed by atoms with Gasteiger partial charge in [0.15, 0.2) is 0 Å². The first kappa shape index (κ1) is 13.8. The maximum absolute atomic E-state index is 11.4. The molecule has 0 saturated heterocycles. The van der Waals surface area contributed by atoms with Gasteiger partial charge >= 0.3 is 0 Å². The monoisotopic (exact) mass is 254 g/mol. The summed E-state index contributed by atoms with van der Waals surface area (Å²) in [4.78, 5) is 11.4. The molecule has 2 aliphatic rings. The fourth-order valence-corrected chi connectivity index (χ4v) is 2.61. The minimum absolute atomic E-state index is 0.177. The van der Waals surface area contributed by atoms with Crippen LogP contribution in [-0.4, -0.2) is 35.7 Å². The van der Waals surface area contributed by atoms with Crippen LogP contribution in [0.1, 0.15) is 57.8 Å². The highest BCUT2D eigenvalue weighted by Crippen LogP contribution is 2.27. The van der Waals surface area contributed by atoms with E-state index in [1.807, 2.05) is 0 Å². The van der Waals surface area contributed by atoms with E-state index in [-0.39, 0.29) is 5.91 Å². The smallest absolute Gasteiger partial charge is 0.220 e. The van der Waals surface area contributed by atoms with Gasteiger partial charge in [-0.25, -0.2) is 0 Å². The van der Waals surface area contributed by atoms with Gasteiger partial charge in [0.1, 0.15) is 0 Å². The van der Waals surface area contributed by atoms with Gasteiger partial charge in [0, 0.05) is 19.0 Å². The lowest BCUT2D eigenvalue weighted by molar-refractivity contribution is -0.121. The molecule has 0 radical (unpaired) electrons. The average molecular weight is 254 g/mol. The second-order valence-electron chi connectivity index (χ2n) is 5.91. The predicted molar refractivity (Wildman–Crippen MR) is 71.3 cm³/mol. The normalized spacial score (nSPS) is 22.7. The lowest BCUT2D eigenvalue weighted by Crippen LogP contribution is -2.42. The summed E-state index contributed by atoms with van der Waals surface area (Å²) in [7, 11) is 0. The molecule has 1 amide bonds. The van der Waals surface area contributed by atoms with Crippen LogP contribution in [0.15, 0.2) is 0 Å². The number of hydrogen-bond donors (Lipinski definition) is 3. The quantitative estimate of drug-likeness (QED) is 0.601. The number of rotatable bonds is 7. The molecule has 2 saturated carbocycles. The zero-order chi connectivity index (χ0) is 12.8. The molecule has 4 heteroatoms. The van der Waals surface area contributed by atoms with Crippen molar-refractivity contribution in [2.45, 2.75) is 69.4 Å². The zero-order valence-electron chi connectivity index (χ0n) is 11.2. The molecule has 0 unspecified atom stereocenters. The molecular weight excluding hydrogens is 228 g/mol. The molecule has 0 spiro atoms. The third-order valence-corrected chi connectivity index (χ3v) is 3.94. The van der Waals surface area contributed by atoms with Crippen molar-refractivity contribution < 1.29 is 9.90 Å². The zero-order valence-corrected chi connectivity index (χ0v) is 11.2. The first-order valence-electron chi connectivity index (χ1n) is 7.40. The van der Waals surface area contributed by atoms with Gasteiger partial charge in [-0.1, -0.05) is 19.3 Å². The van der Waals surface area contributed by atoms with Gasteiger partial charge in [-0.15, -0.1) is 0 Å². The Hall–Kier alpha value is -0.610. The molecule has 2 rings (SSSR count). The van der Waals surface area contributed by atoms with Gasteiger partial charge in [-0.3, -0.25) is 4.79 Å². The fraction of sp³-hybridized carbons (Fsp3) is 0.929. The summed E-state index contributed by atoms with van der Waals surface area (Å²) in [5.41, 5.74) is -0.492. The molecule has 0 heterocycles. The Bertz CT molecular complexity index is 271. The van der Waals surface area contributed by atoms with Crippen LogP contribution in [-0.2, 0) is 4.79 Å². The third kappa shape index (κ3) is 4.94. The fourth-order valence-electron chi connectivity index (χ4n) is 2.61. The summed E-state index contributed by atoms with van der Waals surface area (Å²) < 4.78 is 0. The van der Waals surface area contributed by atoms with Gasteiger partial charge in [0.25, 0.3) is 0 Å². The Morgan fingerprint density at radius 3 is 2.61 bits per heavy atom. The van der Waals surface area contributed by atoms with E-state index in [1.165, 1.54) is 6.42 Å². The number of nitrogens with one attached hydrogen (secondary N) is 2. The average Bonchev–Trinajstić information content (AvgIpc) is 3.13. The highest BCUT2D eigenvalue weighted by atomic mass is 16.3. The Balaban J connectivity index is 1.48. The van der Waals surface area contributed by atoms with Crippen molar-refractivity contribution in [2.75, 3.05) is 13.1 Å². The van der Waals surface area contributed by atoms with Gasteiger partial charge in [0.2, 0.25) is 5.91 Å². The number of amides is 1. The lowest BCUT2D eigenvalue weighted by Gasteiger charge is -2.32. The molecule has 3 N–H and O–H groups in total. The van der Waals surface area contributed by atoms with Crippen molar-refractivity contribution >= 4 is 5.91 Å². The van der Waals surface area contributed by atoms with Crippen LogP contribution in [0.4, 0.5) is 0 Å². The summed E-state index contributed by atoms with van der Waals surface area (Å²) in [6, 6.07) is 0.466. The standard InChI is InChI=1S/C14H26N2O2/c17-13(16-12-6-7-12)5-4-10-15-11-14(18)8-2-1-3-9-14/h12,15,18H,1-11H2,(H,16,17). The van der Waals surface area contributed by atoms with Crippen molar-refractivity contribution in [3.63, 3.8) is 0 Å². The Labute approximate surface area is 110 Å². The summed E-state index contributed by atoms with van der Waals surface area (Å²) >= 11 is 0. The minimum Gasteiger partial charge on any atom is -0.389 e. The van der Waals surface area contributed by atoms with Crippen LogP contribution >= 0.6 is 0 Å². The molecule has 18 heavy (non-hydrogen) atoms.